The van der Waals surface area contributed by atoms with E-state index in [1.165, 1.54) is 4.90 Å². The Morgan fingerprint density at radius 3 is 2.89 bits per heavy atom. The van der Waals surface area contributed by atoms with E-state index in [-0.39, 0.29) is 18.9 Å². The summed E-state index contributed by atoms with van der Waals surface area (Å²) in [5.74, 6) is 0.128. The summed E-state index contributed by atoms with van der Waals surface area (Å²) in [5.41, 5.74) is 6.44. The summed E-state index contributed by atoms with van der Waals surface area (Å²) < 4.78 is 0. The number of nitrogens with one attached hydrogen (secondary N) is 1. The number of carbonyl (C=O) groups is 2. The van der Waals surface area contributed by atoms with E-state index in [4.69, 9.17) is 5.73 Å². The van der Waals surface area contributed by atoms with Gasteiger partial charge in [-0.15, -0.1) is 5.10 Å². The molecular weight excluding hydrogens is 246 g/mol. The molecule has 96 valence electrons. The lowest BCUT2D eigenvalue weighted by molar-refractivity contribution is -0.120. The van der Waals surface area contributed by atoms with Crippen molar-refractivity contribution in [3.8, 4) is 0 Å². The molecule has 1 saturated heterocycles. The van der Waals surface area contributed by atoms with Gasteiger partial charge in [-0.1, -0.05) is 12.1 Å². The van der Waals surface area contributed by atoms with E-state index < -0.39 is 6.03 Å². The quantitative estimate of drug-likeness (QED) is 0.731. The van der Waals surface area contributed by atoms with Crippen molar-refractivity contribution < 1.29 is 9.59 Å². The topological polar surface area (TPSA) is 101 Å². The van der Waals surface area contributed by atoms with Crippen LogP contribution in [0.15, 0.2) is 24.4 Å². The predicted molar refractivity (Wildman–Crippen MR) is 69.5 cm³/mol. The molecule has 0 atom stereocenters. The number of carbonyl (C=O) groups excluding carboxylic acids is 2. The highest BCUT2D eigenvalue weighted by Crippen LogP contribution is 2.27. The second-order valence-corrected chi connectivity index (χ2v) is 4.23. The molecule has 1 aromatic carbocycles. The Labute approximate surface area is 108 Å². The monoisotopic (exact) mass is 257 g/mol. The maximum absolute atomic E-state index is 11.8. The zero-order valence-electron chi connectivity index (χ0n) is 9.96. The molecule has 3 rings (SSSR count). The molecule has 0 saturated carbocycles. The van der Waals surface area contributed by atoms with Crippen molar-refractivity contribution in [1.29, 1.82) is 0 Å². The van der Waals surface area contributed by atoms with E-state index in [1.807, 2.05) is 6.07 Å². The number of imide groups is 1. The first-order chi connectivity index (χ1) is 9.16. The van der Waals surface area contributed by atoms with Gasteiger partial charge in [0.25, 0.3) is 0 Å². The van der Waals surface area contributed by atoms with Crippen molar-refractivity contribution in [2.24, 2.45) is 0 Å². The van der Waals surface area contributed by atoms with Crippen LogP contribution in [0, 0.1) is 0 Å². The molecule has 1 fully saturated rings. The summed E-state index contributed by atoms with van der Waals surface area (Å²) in [6, 6.07) is 4.88. The van der Waals surface area contributed by atoms with Crippen LogP contribution < -0.4 is 16.0 Å². The minimum atomic E-state index is -0.486. The summed E-state index contributed by atoms with van der Waals surface area (Å²) in [7, 11) is 0. The number of fused-ring (bicyclic) bond motifs is 1. The van der Waals surface area contributed by atoms with Gasteiger partial charge in [0.05, 0.1) is 6.20 Å². The molecule has 1 aliphatic rings. The molecule has 0 unspecified atom stereocenters. The highest BCUT2D eigenvalue weighted by molar-refractivity contribution is 6.09. The summed E-state index contributed by atoms with van der Waals surface area (Å²) in [4.78, 5) is 24.4. The van der Waals surface area contributed by atoms with Crippen molar-refractivity contribution in [1.82, 2.24) is 15.5 Å². The van der Waals surface area contributed by atoms with Crippen LogP contribution in [0.5, 0.6) is 0 Å². The first-order valence-corrected chi connectivity index (χ1v) is 5.78. The van der Waals surface area contributed by atoms with E-state index in [9.17, 15) is 9.59 Å². The molecule has 0 bridgehead atoms. The smallest absolute Gasteiger partial charge is 0.329 e. The lowest BCUT2D eigenvalue weighted by atomic mass is 10.1. The van der Waals surface area contributed by atoms with Gasteiger partial charge in [-0.05, 0) is 6.07 Å². The summed E-state index contributed by atoms with van der Waals surface area (Å²) in [6.45, 7) is 0.285. The highest BCUT2D eigenvalue weighted by Gasteiger charge is 2.26. The largest absolute Gasteiger partial charge is 0.398 e. The van der Waals surface area contributed by atoms with E-state index in [0.29, 0.717) is 11.5 Å². The zero-order valence-corrected chi connectivity index (χ0v) is 9.96. The fourth-order valence-corrected chi connectivity index (χ4v) is 2.08. The fraction of sp³-hybridized carbons (Fsp3) is 0.167. The second kappa shape index (κ2) is 4.20. The second-order valence-electron chi connectivity index (χ2n) is 4.23. The summed E-state index contributed by atoms with van der Waals surface area (Å²) in [6.07, 6.45) is 1.80. The van der Waals surface area contributed by atoms with Crippen LogP contribution in [0.25, 0.3) is 10.8 Å². The van der Waals surface area contributed by atoms with Gasteiger partial charge in [-0.3, -0.25) is 15.0 Å². The van der Waals surface area contributed by atoms with Gasteiger partial charge in [0.1, 0.15) is 0 Å². The Morgan fingerprint density at radius 2 is 2.11 bits per heavy atom. The molecule has 0 radical (unpaired) electrons. The molecule has 7 nitrogen and oxygen atoms in total. The first kappa shape index (κ1) is 11.4. The minimum absolute atomic E-state index is 0.242. The number of benzene rings is 1. The molecule has 2 aromatic rings. The van der Waals surface area contributed by atoms with Gasteiger partial charge in [0.2, 0.25) is 5.91 Å². The maximum atomic E-state index is 11.8. The van der Waals surface area contributed by atoms with Crippen LogP contribution in [0.4, 0.5) is 16.3 Å². The molecule has 0 spiro atoms. The Hall–Kier alpha value is -2.70. The summed E-state index contributed by atoms with van der Waals surface area (Å²) in [5, 5.41) is 11.6. The lowest BCUT2D eigenvalue weighted by Gasteiger charge is -2.26. The normalized spacial score (nSPS) is 15.7. The fourth-order valence-electron chi connectivity index (χ4n) is 2.08. The van der Waals surface area contributed by atoms with Crippen LogP contribution in [0.2, 0.25) is 0 Å². The third kappa shape index (κ3) is 1.85. The molecule has 1 aliphatic heterocycles. The van der Waals surface area contributed by atoms with Gasteiger partial charge in [0.15, 0.2) is 5.82 Å². The van der Waals surface area contributed by atoms with Crippen LogP contribution in [-0.2, 0) is 4.79 Å². The van der Waals surface area contributed by atoms with E-state index in [0.717, 1.165) is 10.8 Å². The standard InChI is InChI=1S/C12H11N5O2/c13-9-3-1-2-7-8(9)6-14-16-11(7)17-5-4-10(18)15-12(17)19/h1-3,6H,4-5,13H2,(H,15,18,19). The highest BCUT2D eigenvalue weighted by atomic mass is 16.2. The number of amides is 3. The Balaban J connectivity index is 2.13. The maximum Gasteiger partial charge on any atom is 0.329 e. The number of aromatic nitrogens is 2. The van der Waals surface area contributed by atoms with E-state index >= 15 is 0 Å². The number of nitrogens with two attached hydrogens (primary N) is 1. The molecule has 0 aliphatic carbocycles. The van der Waals surface area contributed by atoms with Gasteiger partial charge in [0, 0.05) is 29.4 Å². The van der Waals surface area contributed by atoms with Crippen LogP contribution >= 0.6 is 0 Å². The van der Waals surface area contributed by atoms with Crippen molar-refractivity contribution in [2.45, 2.75) is 6.42 Å². The first-order valence-electron chi connectivity index (χ1n) is 5.78. The van der Waals surface area contributed by atoms with Crippen molar-refractivity contribution in [3.63, 3.8) is 0 Å². The molecule has 19 heavy (non-hydrogen) atoms. The molecule has 7 heteroatoms. The predicted octanol–water partition coefficient (Wildman–Crippen LogP) is 0.658. The SMILES string of the molecule is Nc1cccc2c(N3CCC(=O)NC3=O)nncc12. The van der Waals surface area contributed by atoms with Gasteiger partial charge >= 0.3 is 6.03 Å². The van der Waals surface area contributed by atoms with Crippen molar-refractivity contribution in [3.05, 3.63) is 24.4 Å². The number of nitrogen functional groups attached to an aromatic ring is 1. The number of hydrogen-bond donors (Lipinski definition) is 2. The Morgan fingerprint density at radius 1 is 1.26 bits per heavy atom. The molecule has 3 N–H and O–H groups in total. The van der Waals surface area contributed by atoms with E-state index in [2.05, 4.69) is 15.5 Å². The number of urea groups is 1. The van der Waals surface area contributed by atoms with Gasteiger partial charge in [-0.2, -0.15) is 5.10 Å². The molecular formula is C12H11N5O2. The minimum Gasteiger partial charge on any atom is -0.398 e. The third-order valence-electron chi connectivity index (χ3n) is 3.03. The molecule has 1 aromatic heterocycles. The Kier molecular flexibility index (Phi) is 2.52. The van der Waals surface area contributed by atoms with Crippen molar-refractivity contribution in [2.75, 3.05) is 17.2 Å². The van der Waals surface area contributed by atoms with Gasteiger partial charge < -0.3 is 5.73 Å². The third-order valence-corrected chi connectivity index (χ3v) is 3.03. The lowest BCUT2D eigenvalue weighted by Crippen LogP contribution is -2.50. The zero-order chi connectivity index (χ0) is 13.4. The van der Waals surface area contributed by atoms with Crippen molar-refractivity contribution >= 4 is 34.2 Å². The van der Waals surface area contributed by atoms with E-state index in [1.54, 1.807) is 18.3 Å². The number of rotatable bonds is 1. The average molecular weight is 257 g/mol. The number of anilines is 2. The number of nitrogens with zero attached hydrogens (tertiary/aromatic N) is 3. The number of hydrogen-bond acceptors (Lipinski definition) is 5. The molecule has 2 heterocycles. The average Bonchev–Trinajstić information content (AvgIpc) is 2.39. The Bertz CT molecular complexity index is 685. The molecule has 3 amide bonds. The van der Waals surface area contributed by atoms with Crippen LogP contribution in [0.3, 0.4) is 0 Å². The van der Waals surface area contributed by atoms with Crippen LogP contribution in [0.1, 0.15) is 6.42 Å². The van der Waals surface area contributed by atoms with Gasteiger partial charge in [-0.25, -0.2) is 4.79 Å². The summed E-state index contributed by atoms with van der Waals surface area (Å²) >= 11 is 0. The van der Waals surface area contributed by atoms with Crippen LogP contribution in [-0.4, -0.2) is 28.7 Å².